The number of rotatable bonds is 3. The van der Waals surface area contributed by atoms with Gasteiger partial charge >= 0.3 is 0 Å². The molecule has 9 heteroatoms. The van der Waals surface area contributed by atoms with Crippen molar-refractivity contribution in [2.45, 2.75) is 11.7 Å². The van der Waals surface area contributed by atoms with Crippen molar-refractivity contribution >= 4 is 21.7 Å². The molecular weight excluding hydrogens is 260 g/mol. The minimum Gasteiger partial charge on any atom is -0.481 e. The summed E-state index contributed by atoms with van der Waals surface area (Å²) in [7, 11) is -2.29. The largest absolute Gasteiger partial charge is 0.481 e. The van der Waals surface area contributed by atoms with E-state index in [1.165, 1.54) is 24.4 Å². The molecule has 0 spiro atoms. The van der Waals surface area contributed by atoms with E-state index in [0.717, 1.165) is 0 Å². The molecule has 1 amide bonds. The topological polar surface area (TPSA) is 115 Å². The van der Waals surface area contributed by atoms with E-state index in [0.29, 0.717) is 11.7 Å². The molecule has 0 saturated carbocycles. The summed E-state index contributed by atoms with van der Waals surface area (Å²) in [6.07, 6.45) is 1.11. The fourth-order valence-electron chi connectivity index (χ4n) is 1.71. The Hall–Kier alpha value is -1.74. The quantitative estimate of drug-likeness (QED) is 0.745. The molecule has 2 N–H and O–H groups in total. The van der Waals surface area contributed by atoms with Crippen molar-refractivity contribution < 1.29 is 17.9 Å². The van der Waals surface area contributed by atoms with Crippen molar-refractivity contribution in [3.8, 4) is 5.88 Å². The summed E-state index contributed by atoms with van der Waals surface area (Å²) >= 11 is 0. The maximum atomic E-state index is 11.7. The number of sulfonamides is 1. The molecular formula is C9H12N4O4S. The minimum atomic E-state index is -3.73. The molecule has 1 unspecified atom stereocenters. The number of carbonyl (C=O) groups is 1. The Labute approximate surface area is 104 Å². The molecule has 2 heterocycles. The summed E-state index contributed by atoms with van der Waals surface area (Å²) in [6.45, 7) is -0.00215. The third-order valence-corrected chi connectivity index (χ3v) is 3.91. The average Bonchev–Trinajstić information content (AvgIpc) is 2.71. The molecule has 0 aromatic carbocycles. The minimum absolute atomic E-state index is 0.00215. The number of anilines is 1. The fraction of sp³-hybridized carbons (Fsp3) is 0.444. The summed E-state index contributed by atoms with van der Waals surface area (Å²) < 4.78 is 27.4. The summed E-state index contributed by atoms with van der Waals surface area (Å²) in [6, 6.07) is 1.46. The molecule has 98 valence electrons. The van der Waals surface area contributed by atoms with Gasteiger partial charge in [-0.2, -0.15) is 0 Å². The standard InChI is InChI=1S/C9H12N4O4S/c1-17-8-3-7(11-5-12-8)13-4-6(2-9(13)14)18(10,15)16/h3,5-6H,2,4H2,1H3,(H2,10,15,16). The van der Waals surface area contributed by atoms with Crippen molar-refractivity contribution in [3.05, 3.63) is 12.4 Å². The zero-order valence-electron chi connectivity index (χ0n) is 9.61. The van der Waals surface area contributed by atoms with Gasteiger partial charge in [-0.05, 0) is 0 Å². The predicted octanol–water partition coefficient (Wildman–Crippen LogP) is -1.12. The Kier molecular flexibility index (Phi) is 3.18. The fourth-order valence-corrected chi connectivity index (χ4v) is 2.44. The van der Waals surface area contributed by atoms with Gasteiger partial charge in [-0.3, -0.25) is 9.69 Å². The van der Waals surface area contributed by atoms with Crippen LogP contribution in [0.1, 0.15) is 6.42 Å². The summed E-state index contributed by atoms with van der Waals surface area (Å²) in [5, 5.41) is 4.14. The van der Waals surface area contributed by atoms with E-state index in [2.05, 4.69) is 9.97 Å². The number of hydrogen-bond acceptors (Lipinski definition) is 6. The van der Waals surface area contributed by atoms with Gasteiger partial charge in [0.15, 0.2) is 0 Å². The van der Waals surface area contributed by atoms with E-state index in [4.69, 9.17) is 9.88 Å². The highest BCUT2D eigenvalue weighted by Crippen LogP contribution is 2.23. The van der Waals surface area contributed by atoms with Crippen molar-refractivity contribution in [1.82, 2.24) is 9.97 Å². The average molecular weight is 272 g/mol. The van der Waals surface area contributed by atoms with Gasteiger partial charge in [-0.25, -0.2) is 23.5 Å². The second kappa shape index (κ2) is 4.50. The number of methoxy groups -OCH3 is 1. The van der Waals surface area contributed by atoms with Gasteiger partial charge in [-0.1, -0.05) is 0 Å². The maximum absolute atomic E-state index is 11.7. The van der Waals surface area contributed by atoms with E-state index in [1.807, 2.05) is 0 Å². The van der Waals surface area contributed by atoms with Crippen LogP contribution in [0.4, 0.5) is 5.82 Å². The highest BCUT2D eigenvalue weighted by molar-refractivity contribution is 7.89. The van der Waals surface area contributed by atoms with E-state index >= 15 is 0 Å². The molecule has 0 bridgehead atoms. The Morgan fingerprint density at radius 1 is 1.50 bits per heavy atom. The number of amides is 1. The zero-order chi connectivity index (χ0) is 13.3. The highest BCUT2D eigenvalue weighted by atomic mass is 32.2. The summed E-state index contributed by atoms with van der Waals surface area (Å²) in [4.78, 5) is 20.7. The molecule has 0 radical (unpaired) electrons. The van der Waals surface area contributed by atoms with E-state index in [1.54, 1.807) is 0 Å². The molecule has 1 atom stereocenters. The number of primary sulfonamides is 1. The van der Waals surface area contributed by atoms with Crippen LogP contribution in [-0.2, 0) is 14.8 Å². The number of ether oxygens (including phenoxy) is 1. The SMILES string of the molecule is COc1cc(N2CC(S(N)(=O)=O)CC2=O)ncn1. The number of aromatic nitrogens is 2. The van der Waals surface area contributed by atoms with Crippen LogP contribution in [-0.4, -0.2) is 43.2 Å². The predicted molar refractivity (Wildman–Crippen MR) is 62.4 cm³/mol. The third-order valence-electron chi connectivity index (χ3n) is 2.67. The van der Waals surface area contributed by atoms with Gasteiger partial charge in [-0.15, -0.1) is 0 Å². The lowest BCUT2D eigenvalue weighted by Crippen LogP contribution is -2.32. The van der Waals surface area contributed by atoms with Crippen LogP contribution in [0.15, 0.2) is 12.4 Å². The lowest BCUT2D eigenvalue weighted by atomic mass is 10.4. The van der Waals surface area contributed by atoms with Crippen molar-refractivity contribution in [2.24, 2.45) is 5.14 Å². The smallest absolute Gasteiger partial charge is 0.229 e. The van der Waals surface area contributed by atoms with Crippen molar-refractivity contribution in [3.63, 3.8) is 0 Å². The van der Waals surface area contributed by atoms with Crippen LogP contribution >= 0.6 is 0 Å². The second-order valence-corrected chi connectivity index (χ2v) is 5.68. The maximum Gasteiger partial charge on any atom is 0.229 e. The van der Waals surface area contributed by atoms with E-state index in [9.17, 15) is 13.2 Å². The lowest BCUT2D eigenvalue weighted by Gasteiger charge is -2.15. The van der Waals surface area contributed by atoms with E-state index < -0.39 is 15.3 Å². The first-order valence-electron chi connectivity index (χ1n) is 5.10. The molecule has 18 heavy (non-hydrogen) atoms. The highest BCUT2D eigenvalue weighted by Gasteiger charge is 2.37. The van der Waals surface area contributed by atoms with Crippen molar-refractivity contribution in [2.75, 3.05) is 18.6 Å². The monoisotopic (exact) mass is 272 g/mol. The zero-order valence-corrected chi connectivity index (χ0v) is 10.4. The van der Waals surface area contributed by atoms with Gasteiger partial charge in [0, 0.05) is 19.0 Å². The van der Waals surface area contributed by atoms with Crippen LogP contribution in [0.5, 0.6) is 5.88 Å². The number of carbonyl (C=O) groups excluding carboxylic acids is 1. The summed E-state index contributed by atoms with van der Waals surface area (Å²) in [5.41, 5.74) is 0. The first-order chi connectivity index (χ1) is 8.41. The molecule has 1 aromatic heterocycles. The van der Waals surface area contributed by atoms with Gasteiger partial charge in [0.25, 0.3) is 0 Å². The molecule has 0 aliphatic carbocycles. The third kappa shape index (κ3) is 2.41. The normalized spacial score (nSPS) is 20.2. The summed E-state index contributed by atoms with van der Waals surface area (Å²) in [5.74, 6) is 0.264. The molecule has 1 aromatic rings. The van der Waals surface area contributed by atoms with E-state index in [-0.39, 0.29) is 18.9 Å². The number of nitrogens with zero attached hydrogens (tertiary/aromatic N) is 3. The molecule has 1 fully saturated rings. The van der Waals surface area contributed by atoms with Gasteiger partial charge in [0.1, 0.15) is 17.4 Å². The molecule has 2 rings (SSSR count). The molecule has 1 saturated heterocycles. The number of nitrogens with two attached hydrogens (primary N) is 1. The molecule has 8 nitrogen and oxygen atoms in total. The van der Waals surface area contributed by atoms with Crippen LogP contribution in [0, 0.1) is 0 Å². The second-order valence-electron chi connectivity index (χ2n) is 3.84. The Morgan fingerprint density at radius 3 is 2.78 bits per heavy atom. The molecule has 1 aliphatic rings. The van der Waals surface area contributed by atoms with Gasteiger partial charge in [0.05, 0.1) is 7.11 Å². The van der Waals surface area contributed by atoms with Gasteiger partial charge < -0.3 is 4.74 Å². The molecule has 1 aliphatic heterocycles. The first kappa shape index (κ1) is 12.7. The first-order valence-corrected chi connectivity index (χ1v) is 6.71. The lowest BCUT2D eigenvalue weighted by molar-refractivity contribution is -0.117. The van der Waals surface area contributed by atoms with Crippen LogP contribution in [0.3, 0.4) is 0 Å². The van der Waals surface area contributed by atoms with Crippen LogP contribution < -0.4 is 14.8 Å². The van der Waals surface area contributed by atoms with Crippen LogP contribution in [0.25, 0.3) is 0 Å². The van der Waals surface area contributed by atoms with Crippen LogP contribution in [0.2, 0.25) is 0 Å². The Balaban J connectivity index is 2.27. The number of hydrogen-bond donors (Lipinski definition) is 1. The Bertz CT molecular complexity index is 574. The Morgan fingerprint density at radius 2 is 2.22 bits per heavy atom. The van der Waals surface area contributed by atoms with Crippen molar-refractivity contribution in [1.29, 1.82) is 0 Å². The van der Waals surface area contributed by atoms with Gasteiger partial charge in [0.2, 0.25) is 21.8 Å².